The molecule has 218 valence electrons. The second kappa shape index (κ2) is 12.6. The van der Waals surface area contributed by atoms with E-state index in [0.29, 0.717) is 41.1 Å². The summed E-state index contributed by atoms with van der Waals surface area (Å²) in [6.07, 6.45) is 4.93. The molecule has 3 aromatic rings. The molecule has 0 radical (unpaired) electrons. The summed E-state index contributed by atoms with van der Waals surface area (Å²) in [5.41, 5.74) is 3.23. The Balaban J connectivity index is 1.43. The lowest BCUT2D eigenvalue weighted by Crippen LogP contribution is -2.38. The Morgan fingerprint density at radius 3 is 2.68 bits per heavy atom. The number of hydrogen-bond acceptors (Lipinski definition) is 9. The van der Waals surface area contributed by atoms with Crippen molar-refractivity contribution in [3.63, 3.8) is 0 Å². The topological polar surface area (TPSA) is 152 Å². The number of fused-ring (bicyclic) bond motifs is 1. The van der Waals surface area contributed by atoms with Crippen LogP contribution in [0.1, 0.15) is 36.8 Å². The van der Waals surface area contributed by atoms with Crippen LogP contribution in [0.5, 0.6) is 5.75 Å². The van der Waals surface area contributed by atoms with Crippen molar-refractivity contribution in [2.75, 3.05) is 35.4 Å². The molecule has 1 saturated carbocycles. The van der Waals surface area contributed by atoms with E-state index in [4.69, 9.17) is 21.5 Å². The zero-order valence-corrected chi connectivity index (χ0v) is 24.3. The Bertz CT molecular complexity index is 1510. The molecule has 5 rings (SSSR count). The number of benzene rings is 2. The normalized spacial score (nSPS) is 19.5. The lowest BCUT2D eigenvalue weighted by molar-refractivity contribution is -0.117. The van der Waals surface area contributed by atoms with Crippen molar-refractivity contribution < 1.29 is 17.9 Å². The molecule has 1 fully saturated rings. The van der Waals surface area contributed by atoms with Crippen molar-refractivity contribution in [3.05, 3.63) is 64.8 Å². The third-order valence-corrected chi connectivity index (χ3v) is 8.59. The quantitative estimate of drug-likeness (QED) is 0.285. The third kappa shape index (κ3) is 7.45. The van der Waals surface area contributed by atoms with Gasteiger partial charge in [-0.05, 0) is 36.5 Å². The standard InChI is InChI=1S/C28H34ClN7O4S/c1-40-24-12-11-23-20(15-36(16-25(37)32-23)14-18-7-3-2-4-8-18)26(24)34-28-31-13-21(29)27(35-28)33-22-10-6-5-9-19(22)17-41(30,38)39/h2-4,7-8,11-13,19,22H,5-6,9-10,14-17H2,1H3,(H,32,37)(H2,30,38,39)(H2,31,33,34,35)/t19-,22+/m0/s1. The van der Waals surface area contributed by atoms with Gasteiger partial charge < -0.3 is 20.7 Å². The minimum absolute atomic E-state index is 0.100. The Hall–Kier alpha value is -3.45. The van der Waals surface area contributed by atoms with E-state index in [9.17, 15) is 13.2 Å². The molecule has 2 atom stereocenters. The van der Waals surface area contributed by atoms with Crippen molar-refractivity contribution in [1.82, 2.24) is 14.9 Å². The van der Waals surface area contributed by atoms with Crippen LogP contribution in [0, 0.1) is 5.92 Å². The molecule has 0 saturated heterocycles. The molecular formula is C28H34ClN7O4S. The molecule has 1 aliphatic carbocycles. The molecule has 2 heterocycles. The SMILES string of the molecule is COc1ccc2c(c1Nc1ncc(Cl)c(N[C@@H]3CCCC[C@H]3CS(N)(=O)=O)n1)CN(Cc1ccccc1)CC(=O)N2. The second-order valence-corrected chi connectivity index (χ2v) is 12.6. The van der Waals surface area contributed by atoms with E-state index in [0.717, 1.165) is 36.8 Å². The van der Waals surface area contributed by atoms with Gasteiger partial charge in [0.05, 0.1) is 31.3 Å². The number of carbonyl (C=O) groups is 1. The predicted octanol–water partition coefficient (Wildman–Crippen LogP) is 4.10. The molecule has 0 unspecified atom stereocenters. The van der Waals surface area contributed by atoms with E-state index in [1.807, 2.05) is 36.4 Å². The van der Waals surface area contributed by atoms with Crippen LogP contribution in [-0.4, -0.2) is 54.6 Å². The summed E-state index contributed by atoms with van der Waals surface area (Å²) >= 11 is 6.47. The van der Waals surface area contributed by atoms with E-state index in [1.54, 1.807) is 13.2 Å². The first-order chi connectivity index (χ1) is 19.7. The number of amides is 1. The zero-order chi connectivity index (χ0) is 29.0. The number of hydrogen-bond donors (Lipinski definition) is 4. The fourth-order valence-corrected chi connectivity index (χ4v) is 6.69. The van der Waals surface area contributed by atoms with Gasteiger partial charge in [0.1, 0.15) is 10.8 Å². The van der Waals surface area contributed by atoms with Crippen molar-refractivity contribution in [3.8, 4) is 5.75 Å². The Kier molecular flexibility index (Phi) is 8.93. The number of ether oxygens (including phenoxy) is 1. The fraction of sp³-hybridized carbons (Fsp3) is 0.393. The van der Waals surface area contributed by atoms with Gasteiger partial charge in [0, 0.05) is 30.4 Å². The molecule has 11 nitrogen and oxygen atoms in total. The van der Waals surface area contributed by atoms with Crippen molar-refractivity contribution in [1.29, 1.82) is 0 Å². The summed E-state index contributed by atoms with van der Waals surface area (Å²) in [7, 11) is -2.04. The van der Waals surface area contributed by atoms with E-state index in [2.05, 4.69) is 30.8 Å². The number of nitrogens with zero attached hydrogens (tertiary/aromatic N) is 3. The van der Waals surface area contributed by atoms with Crippen molar-refractivity contribution in [2.45, 2.75) is 44.8 Å². The molecule has 13 heteroatoms. The van der Waals surface area contributed by atoms with Crippen LogP contribution in [0.2, 0.25) is 5.02 Å². The van der Waals surface area contributed by atoms with Crippen LogP contribution in [0.3, 0.4) is 0 Å². The smallest absolute Gasteiger partial charge is 0.238 e. The number of sulfonamides is 1. The molecule has 2 aliphatic rings. The maximum Gasteiger partial charge on any atom is 0.238 e. The first-order valence-corrected chi connectivity index (χ1v) is 15.6. The highest BCUT2D eigenvalue weighted by atomic mass is 35.5. The lowest BCUT2D eigenvalue weighted by atomic mass is 9.86. The summed E-state index contributed by atoms with van der Waals surface area (Å²) in [5.74, 6) is 0.880. The van der Waals surface area contributed by atoms with Gasteiger partial charge in [-0.3, -0.25) is 9.69 Å². The van der Waals surface area contributed by atoms with Crippen molar-refractivity contribution in [2.24, 2.45) is 11.1 Å². The molecule has 0 spiro atoms. The maximum atomic E-state index is 12.8. The summed E-state index contributed by atoms with van der Waals surface area (Å²) < 4.78 is 29.3. The van der Waals surface area contributed by atoms with Gasteiger partial charge in [-0.1, -0.05) is 54.8 Å². The van der Waals surface area contributed by atoms with E-state index < -0.39 is 10.0 Å². The molecule has 0 bridgehead atoms. The molecule has 1 aromatic heterocycles. The highest BCUT2D eigenvalue weighted by Crippen LogP contribution is 2.38. The number of nitrogens with two attached hydrogens (primary N) is 1. The van der Waals surface area contributed by atoms with Crippen molar-refractivity contribution >= 4 is 50.7 Å². The third-order valence-electron chi connectivity index (χ3n) is 7.43. The number of rotatable bonds is 9. The summed E-state index contributed by atoms with van der Waals surface area (Å²) in [4.78, 5) is 23.8. The Morgan fingerprint density at radius 1 is 1.15 bits per heavy atom. The monoisotopic (exact) mass is 599 g/mol. The number of nitrogens with one attached hydrogen (secondary N) is 3. The summed E-state index contributed by atoms with van der Waals surface area (Å²) in [6.45, 7) is 1.30. The van der Waals surface area contributed by atoms with Crippen LogP contribution >= 0.6 is 11.6 Å². The summed E-state index contributed by atoms with van der Waals surface area (Å²) in [6, 6.07) is 13.4. The molecule has 5 N–H and O–H groups in total. The number of primary sulfonamides is 1. The predicted molar refractivity (Wildman–Crippen MR) is 160 cm³/mol. The van der Waals surface area contributed by atoms with E-state index in [-0.39, 0.29) is 36.1 Å². The number of carbonyl (C=O) groups excluding carboxylic acids is 1. The highest BCUT2D eigenvalue weighted by molar-refractivity contribution is 7.89. The van der Waals surface area contributed by atoms with Crippen LogP contribution < -0.4 is 25.8 Å². The van der Waals surface area contributed by atoms with Crippen LogP contribution in [0.4, 0.5) is 23.1 Å². The molecule has 1 aliphatic heterocycles. The average molecular weight is 600 g/mol. The number of methoxy groups -OCH3 is 1. The minimum atomic E-state index is -3.62. The van der Waals surface area contributed by atoms with Gasteiger partial charge in [0.15, 0.2) is 5.82 Å². The second-order valence-electron chi connectivity index (χ2n) is 10.5. The highest BCUT2D eigenvalue weighted by Gasteiger charge is 2.30. The molecule has 41 heavy (non-hydrogen) atoms. The van der Waals surface area contributed by atoms with Gasteiger partial charge in [-0.25, -0.2) is 18.5 Å². The van der Waals surface area contributed by atoms with Gasteiger partial charge >= 0.3 is 0 Å². The molecule has 1 amide bonds. The van der Waals surface area contributed by atoms with Crippen LogP contribution in [0.25, 0.3) is 0 Å². The summed E-state index contributed by atoms with van der Waals surface area (Å²) in [5, 5.41) is 15.3. The van der Waals surface area contributed by atoms with Gasteiger partial charge in [-0.2, -0.15) is 4.98 Å². The van der Waals surface area contributed by atoms with Gasteiger partial charge in [-0.15, -0.1) is 0 Å². The first kappa shape index (κ1) is 29.1. The minimum Gasteiger partial charge on any atom is -0.495 e. The van der Waals surface area contributed by atoms with E-state index in [1.165, 1.54) is 6.20 Å². The van der Waals surface area contributed by atoms with Crippen LogP contribution in [0.15, 0.2) is 48.7 Å². The number of halogens is 1. The number of aromatic nitrogens is 2. The van der Waals surface area contributed by atoms with Gasteiger partial charge in [0.2, 0.25) is 21.9 Å². The van der Waals surface area contributed by atoms with Gasteiger partial charge in [0.25, 0.3) is 0 Å². The maximum absolute atomic E-state index is 12.8. The number of anilines is 4. The molecule has 2 aromatic carbocycles. The largest absolute Gasteiger partial charge is 0.495 e. The first-order valence-electron chi connectivity index (χ1n) is 13.5. The van der Waals surface area contributed by atoms with Crippen LogP contribution in [-0.2, 0) is 27.9 Å². The Labute approximate surface area is 244 Å². The lowest BCUT2D eigenvalue weighted by Gasteiger charge is -2.32. The average Bonchev–Trinajstić information content (AvgIpc) is 3.09. The molecular weight excluding hydrogens is 566 g/mol. The zero-order valence-electron chi connectivity index (χ0n) is 22.8. The Morgan fingerprint density at radius 2 is 1.93 bits per heavy atom. The van der Waals surface area contributed by atoms with E-state index >= 15 is 0 Å². The fourth-order valence-electron chi connectivity index (χ4n) is 5.55.